The second-order valence-corrected chi connectivity index (χ2v) is 3.56. The summed E-state index contributed by atoms with van der Waals surface area (Å²) < 4.78 is 0. The normalized spacial score (nSPS) is 10.5. The average molecular weight is 209 g/mol. The van der Waals surface area contributed by atoms with E-state index in [0.29, 0.717) is 0 Å². The Hall–Kier alpha value is -2.02. The van der Waals surface area contributed by atoms with E-state index in [4.69, 9.17) is 0 Å². The van der Waals surface area contributed by atoms with Crippen LogP contribution in [0.15, 0.2) is 66.7 Å². The van der Waals surface area contributed by atoms with E-state index in [1.807, 2.05) is 36.4 Å². The lowest BCUT2D eigenvalue weighted by Gasteiger charge is -2.01. The van der Waals surface area contributed by atoms with Crippen LogP contribution in [0.25, 0.3) is 6.08 Å². The van der Waals surface area contributed by atoms with E-state index in [0.717, 1.165) is 12.2 Å². The predicted molar refractivity (Wildman–Crippen MR) is 70.4 cm³/mol. The molecule has 2 aromatic carbocycles. The quantitative estimate of drug-likeness (QED) is 0.807. The average Bonchev–Trinajstić information content (AvgIpc) is 2.37. The highest BCUT2D eigenvalue weighted by Gasteiger charge is 1.85. The molecule has 0 aliphatic carbocycles. The molecule has 80 valence electrons. The fourth-order valence-electron chi connectivity index (χ4n) is 1.49. The number of nitrogens with one attached hydrogen (secondary N) is 1. The molecule has 0 fully saturated rings. The third-order valence-electron chi connectivity index (χ3n) is 2.31. The lowest BCUT2D eigenvalue weighted by Crippen LogP contribution is -1.96. The van der Waals surface area contributed by atoms with E-state index >= 15 is 0 Å². The van der Waals surface area contributed by atoms with Gasteiger partial charge in [-0.05, 0) is 17.7 Å². The molecule has 0 radical (unpaired) electrons. The van der Waals surface area contributed by atoms with Gasteiger partial charge in [-0.3, -0.25) is 0 Å². The second kappa shape index (κ2) is 5.76. The first-order chi connectivity index (χ1) is 7.95. The van der Waals surface area contributed by atoms with Gasteiger partial charge in [0, 0.05) is 12.2 Å². The highest BCUT2D eigenvalue weighted by Crippen LogP contribution is 2.05. The molecule has 0 heterocycles. The third-order valence-corrected chi connectivity index (χ3v) is 2.31. The molecule has 0 saturated heterocycles. The van der Waals surface area contributed by atoms with Gasteiger partial charge in [-0.25, -0.2) is 0 Å². The van der Waals surface area contributed by atoms with Crippen molar-refractivity contribution < 1.29 is 0 Å². The van der Waals surface area contributed by atoms with Crippen LogP contribution in [-0.4, -0.2) is 6.54 Å². The molecule has 1 N–H and O–H groups in total. The minimum Gasteiger partial charge on any atom is -0.382 e. The summed E-state index contributed by atoms with van der Waals surface area (Å²) >= 11 is 0. The molecule has 0 spiro atoms. The van der Waals surface area contributed by atoms with Crippen LogP contribution >= 0.6 is 0 Å². The first kappa shape index (κ1) is 10.5. The summed E-state index contributed by atoms with van der Waals surface area (Å²) in [5, 5.41) is 3.33. The maximum atomic E-state index is 3.33. The first-order valence-corrected chi connectivity index (χ1v) is 5.46. The van der Waals surface area contributed by atoms with Gasteiger partial charge in [0.25, 0.3) is 0 Å². The molecule has 0 amide bonds. The van der Waals surface area contributed by atoms with Crippen LogP contribution in [0.2, 0.25) is 0 Å². The monoisotopic (exact) mass is 209 g/mol. The maximum absolute atomic E-state index is 3.33. The molecule has 0 aliphatic rings. The van der Waals surface area contributed by atoms with E-state index < -0.39 is 0 Å². The fraction of sp³-hybridized carbons (Fsp3) is 0.0667. The van der Waals surface area contributed by atoms with Crippen LogP contribution in [0.3, 0.4) is 0 Å². The van der Waals surface area contributed by atoms with Gasteiger partial charge in [-0.15, -0.1) is 0 Å². The van der Waals surface area contributed by atoms with E-state index in [1.165, 1.54) is 5.56 Å². The van der Waals surface area contributed by atoms with Gasteiger partial charge >= 0.3 is 0 Å². The molecule has 0 aromatic heterocycles. The summed E-state index contributed by atoms with van der Waals surface area (Å²) in [4.78, 5) is 0. The molecule has 0 saturated carbocycles. The third kappa shape index (κ3) is 3.28. The van der Waals surface area contributed by atoms with Gasteiger partial charge in [-0.1, -0.05) is 60.7 Å². The van der Waals surface area contributed by atoms with Crippen LogP contribution < -0.4 is 5.32 Å². The summed E-state index contributed by atoms with van der Waals surface area (Å²) in [7, 11) is 0. The Kier molecular flexibility index (Phi) is 3.78. The summed E-state index contributed by atoms with van der Waals surface area (Å²) in [6.45, 7) is 0.846. The lowest BCUT2D eigenvalue weighted by molar-refractivity contribution is 1.34. The SMILES string of the molecule is C(=Cc1ccccc1)CNc1ccccc1. The zero-order valence-corrected chi connectivity index (χ0v) is 9.14. The number of rotatable bonds is 4. The number of para-hydroxylation sites is 1. The summed E-state index contributed by atoms with van der Waals surface area (Å²) in [5.74, 6) is 0. The minimum absolute atomic E-state index is 0.846. The molecule has 0 atom stereocenters. The van der Waals surface area contributed by atoms with Crippen molar-refractivity contribution in [2.45, 2.75) is 0 Å². The standard InChI is InChI=1S/C15H15N/c1-3-8-14(9-4-1)10-7-13-16-15-11-5-2-6-12-15/h1-12,16H,13H2. The number of hydrogen-bond donors (Lipinski definition) is 1. The smallest absolute Gasteiger partial charge is 0.0342 e. The van der Waals surface area contributed by atoms with Crippen molar-refractivity contribution in [3.63, 3.8) is 0 Å². The largest absolute Gasteiger partial charge is 0.382 e. The molecule has 1 heteroatoms. The Morgan fingerprint density at radius 1 is 0.812 bits per heavy atom. The van der Waals surface area contributed by atoms with Crippen molar-refractivity contribution in [3.05, 3.63) is 72.3 Å². The van der Waals surface area contributed by atoms with E-state index in [9.17, 15) is 0 Å². The molecule has 16 heavy (non-hydrogen) atoms. The van der Waals surface area contributed by atoms with Crippen LogP contribution in [-0.2, 0) is 0 Å². The molecular formula is C15H15N. The van der Waals surface area contributed by atoms with Gasteiger partial charge in [0.05, 0.1) is 0 Å². The van der Waals surface area contributed by atoms with Crippen molar-refractivity contribution in [1.82, 2.24) is 0 Å². The Bertz CT molecular complexity index is 432. The Morgan fingerprint density at radius 3 is 2.12 bits per heavy atom. The van der Waals surface area contributed by atoms with Gasteiger partial charge in [-0.2, -0.15) is 0 Å². The Morgan fingerprint density at radius 2 is 1.44 bits per heavy atom. The molecule has 2 aromatic rings. The van der Waals surface area contributed by atoms with E-state index in [1.54, 1.807) is 0 Å². The summed E-state index contributed by atoms with van der Waals surface area (Å²) in [6.07, 6.45) is 4.25. The molecule has 2 rings (SSSR count). The Balaban J connectivity index is 1.83. The molecule has 0 aliphatic heterocycles. The predicted octanol–water partition coefficient (Wildman–Crippen LogP) is 3.81. The van der Waals surface area contributed by atoms with Gasteiger partial charge < -0.3 is 5.32 Å². The summed E-state index contributed by atoms with van der Waals surface area (Å²) in [5.41, 5.74) is 2.39. The maximum Gasteiger partial charge on any atom is 0.0342 e. The molecule has 1 nitrogen and oxygen atoms in total. The van der Waals surface area contributed by atoms with Crippen LogP contribution in [0.1, 0.15) is 5.56 Å². The molecular weight excluding hydrogens is 194 g/mol. The number of hydrogen-bond acceptors (Lipinski definition) is 1. The zero-order valence-electron chi connectivity index (χ0n) is 9.14. The van der Waals surface area contributed by atoms with Crippen LogP contribution in [0.5, 0.6) is 0 Å². The molecule has 0 unspecified atom stereocenters. The molecule has 0 bridgehead atoms. The first-order valence-electron chi connectivity index (χ1n) is 5.46. The zero-order chi connectivity index (χ0) is 11.1. The van der Waals surface area contributed by atoms with Gasteiger partial charge in [0.1, 0.15) is 0 Å². The van der Waals surface area contributed by atoms with Crippen LogP contribution in [0, 0.1) is 0 Å². The summed E-state index contributed by atoms with van der Waals surface area (Å²) in [6, 6.07) is 20.5. The second-order valence-electron chi connectivity index (χ2n) is 3.56. The van der Waals surface area contributed by atoms with Crippen molar-refractivity contribution in [2.24, 2.45) is 0 Å². The minimum atomic E-state index is 0.846. The van der Waals surface area contributed by atoms with E-state index in [2.05, 4.69) is 41.7 Å². The topological polar surface area (TPSA) is 12.0 Å². The van der Waals surface area contributed by atoms with Crippen molar-refractivity contribution in [3.8, 4) is 0 Å². The fourth-order valence-corrected chi connectivity index (χ4v) is 1.49. The number of benzene rings is 2. The van der Waals surface area contributed by atoms with Gasteiger partial charge in [0.15, 0.2) is 0 Å². The van der Waals surface area contributed by atoms with Crippen molar-refractivity contribution in [2.75, 3.05) is 11.9 Å². The van der Waals surface area contributed by atoms with Crippen LogP contribution in [0.4, 0.5) is 5.69 Å². The van der Waals surface area contributed by atoms with E-state index in [-0.39, 0.29) is 0 Å². The Labute approximate surface area is 96.4 Å². The lowest BCUT2D eigenvalue weighted by atomic mass is 10.2. The number of anilines is 1. The highest BCUT2D eigenvalue weighted by atomic mass is 14.8. The van der Waals surface area contributed by atoms with Crippen molar-refractivity contribution >= 4 is 11.8 Å². The van der Waals surface area contributed by atoms with Gasteiger partial charge in [0.2, 0.25) is 0 Å². The van der Waals surface area contributed by atoms with Crippen molar-refractivity contribution in [1.29, 1.82) is 0 Å². The highest BCUT2D eigenvalue weighted by molar-refractivity contribution is 5.50.